The van der Waals surface area contributed by atoms with Gasteiger partial charge >= 0.3 is 6.09 Å². The maximum atomic E-state index is 10.0. The summed E-state index contributed by atoms with van der Waals surface area (Å²) >= 11 is 0. The second kappa shape index (κ2) is 4.86. The second-order valence-corrected chi connectivity index (χ2v) is 2.45. The van der Waals surface area contributed by atoms with Crippen LogP contribution < -0.4 is 10.2 Å². The molecule has 0 aliphatic heterocycles. The van der Waals surface area contributed by atoms with Crippen molar-refractivity contribution in [1.82, 2.24) is 5.43 Å². The van der Waals surface area contributed by atoms with Gasteiger partial charge in [-0.25, -0.2) is 10.2 Å². The SMILES string of the molecule is COc1ccc(/C=N\NC(=O)O)cc1. The Labute approximate surface area is 81.0 Å². The van der Waals surface area contributed by atoms with E-state index in [0.29, 0.717) is 0 Å². The number of carboxylic acid groups (broad SMARTS) is 1. The zero-order valence-electron chi connectivity index (χ0n) is 7.60. The third-order valence-corrected chi connectivity index (χ3v) is 1.49. The molecule has 0 fully saturated rings. The zero-order valence-corrected chi connectivity index (χ0v) is 7.60. The van der Waals surface area contributed by atoms with Gasteiger partial charge in [0, 0.05) is 0 Å². The van der Waals surface area contributed by atoms with Crippen molar-refractivity contribution in [2.45, 2.75) is 0 Å². The van der Waals surface area contributed by atoms with E-state index < -0.39 is 6.09 Å². The zero-order chi connectivity index (χ0) is 10.4. The number of benzene rings is 1. The van der Waals surface area contributed by atoms with Gasteiger partial charge in [-0.15, -0.1) is 0 Å². The van der Waals surface area contributed by atoms with Gasteiger partial charge in [-0.1, -0.05) is 0 Å². The Balaban J connectivity index is 2.59. The number of amides is 1. The molecular formula is C9H10N2O3. The Hall–Kier alpha value is -2.04. The minimum atomic E-state index is -1.19. The topological polar surface area (TPSA) is 70.9 Å². The van der Waals surface area contributed by atoms with Gasteiger partial charge in [0.05, 0.1) is 13.3 Å². The molecule has 1 amide bonds. The van der Waals surface area contributed by atoms with Gasteiger partial charge < -0.3 is 9.84 Å². The van der Waals surface area contributed by atoms with E-state index in [9.17, 15) is 4.79 Å². The van der Waals surface area contributed by atoms with Crippen LogP contribution in [-0.2, 0) is 0 Å². The lowest BCUT2D eigenvalue weighted by atomic mass is 10.2. The highest BCUT2D eigenvalue weighted by atomic mass is 16.5. The van der Waals surface area contributed by atoms with Crippen LogP contribution in [0.15, 0.2) is 29.4 Å². The minimum Gasteiger partial charge on any atom is -0.497 e. The average molecular weight is 194 g/mol. The molecule has 74 valence electrons. The molecule has 0 saturated heterocycles. The standard InChI is InChI=1S/C9H10N2O3/c1-14-8-4-2-7(3-5-8)6-10-11-9(12)13/h2-6,11H,1H3,(H,12,13)/b10-6-. The first-order valence-electron chi connectivity index (χ1n) is 3.88. The molecule has 0 unspecified atom stereocenters. The van der Waals surface area contributed by atoms with Crippen LogP contribution >= 0.6 is 0 Å². The van der Waals surface area contributed by atoms with Crippen LogP contribution in [0, 0.1) is 0 Å². The third-order valence-electron chi connectivity index (χ3n) is 1.49. The Morgan fingerprint density at radius 1 is 1.50 bits per heavy atom. The predicted molar refractivity (Wildman–Crippen MR) is 51.7 cm³/mol. The molecule has 0 radical (unpaired) electrons. The maximum Gasteiger partial charge on any atom is 0.425 e. The summed E-state index contributed by atoms with van der Waals surface area (Å²) in [6.45, 7) is 0. The Kier molecular flexibility index (Phi) is 3.49. The van der Waals surface area contributed by atoms with E-state index in [2.05, 4.69) is 5.10 Å². The monoisotopic (exact) mass is 194 g/mol. The van der Waals surface area contributed by atoms with Crippen molar-refractivity contribution in [3.05, 3.63) is 29.8 Å². The van der Waals surface area contributed by atoms with Crippen molar-refractivity contribution in [3.63, 3.8) is 0 Å². The first-order valence-corrected chi connectivity index (χ1v) is 3.88. The lowest BCUT2D eigenvalue weighted by molar-refractivity contribution is 0.195. The number of rotatable bonds is 3. The van der Waals surface area contributed by atoms with Crippen LogP contribution in [0.5, 0.6) is 5.75 Å². The third kappa shape index (κ3) is 3.14. The summed E-state index contributed by atoms with van der Waals surface area (Å²) in [6.07, 6.45) is 0.225. The molecule has 2 N–H and O–H groups in total. The molecule has 14 heavy (non-hydrogen) atoms. The molecule has 0 saturated carbocycles. The number of methoxy groups -OCH3 is 1. The Bertz CT molecular complexity index is 332. The molecule has 1 aromatic rings. The molecule has 0 heterocycles. The molecular weight excluding hydrogens is 184 g/mol. The molecule has 0 aliphatic rings. The predicted octanol–water partition coefficient (Wildman–Crippen LogP) is 1.30. The quantitative estimate of drug-likeness (QED) is 0.562. The van der Waals surface area contributed by atoms with Gasteiger partial charge in [0.1, 0.15) is 5.75 Å². The fourth-order valence-electron chi connectivity index (χ4n) is 0.852. The van der Waals surface area contributed by atoms with Gasteiger partial charge in [0.25, 0.3) is 0 Å². The summed E-state index contributed by atoms with van der Waals surface area (Å²) in [5.41, 5.74) is 2.67. The number of nitrogens with zero attached hydrogens (tertiary/aromatic N) is 1. The fourth-order valence-corrected chi connectivity index (χ4v) is 0.852. The number of hydrogen-bond donors (Lipinski definition) is 2. The molecule has 1 aromatic carbocycles. The van der Waals surface area contributed by atoms with E-state index in [-0.39, 0.29) is 0 Å². The average Bonchev–Trinajstić information content (AvgIpc) is 2.18. The molecule has 5 heteroatoms. The summed E-state index contributed by atoms with van der Waals surface area (Å²) in [6, 6.07) is 7.07. The Morgan fingerprint density at radius 2 is 2.14 bits per heavy atom. The van der Waals surface area contributed by atoms with Crippen LogP contribution in [0.25, 0.3) is 0 Å². The largest absolute Gasteiger partial charge is 0.497 e. The van der Waals surface area contributed by atoms with Crippen molar-refractivity contribution < 1.29 is 14.6 Å². The van der Waals surface area contributed by atoms with E-state index >= 15 is 0 Å². The first-order chi connectivity index (χ1) is 6.72. The van der Waals surface area contributed by atoms with Crippen LogP contribution in [0.4, 0.5) is 4.79 Å². The van der Waals surface area contributed by atoms with Crippen molar-refractivity contribution >= 4 is 12.3 Å². The van der Waals surface area contributed by atoms with Gasteiger partial charge in [-0.2, -0.15) is 5.10 Å². The highest BCUT2D eigenvalue weighted by molar-refractivity contribution is 5.80. The van der Waals surface area contributed by atoms with Gasteiger partial charge in [-0.05, 0) is 29.8 Å². The van der Waals surface area contributed by atoms with Crippen molar-refractivity contribution in [2.24, 2.45) is 5.10 Å². The minimum absolute atomic E-state index is 0.744. The summed E-state index contributed by atoms with van der Waals surface area (Å²) in [7, 11) is 1.58. The summed E-state index contributed by atoms with van der Waals surface area (Å²) in [5, 5.41) is 11.7. The molecule has 5 nitrogen and oxygen atoms in total. The number of ether oxygens (including phenoxy) is 1. The van der Waals surface area contributed by atoms with E-state index in [1.165, 1.54) is 6.21 Å². The first kappa shape index (κ1) is 10.0. The number of nitrogens with one attached hydrogen (secondary N) is 1. The second-order valence-electron chi connectivity index (χ2n) is 2.45. The summed E-state index contributed by atoms with van der Waals surface area (Å²) in [4.78, 5) is 10.0. The molecule has 1 rings (SSSR count). The summed E-state index contributed by atoms with van der Waals surface area (Å²) < 4.78 is 4.96. The van der Waals surface area contributed by atoms with E-state index in [4.69, 9.17) is 9.84 Å². The van der Waals surface area contributed by atoms with Gasteiger partial charge in [0.2, 0.25) is 0 Å². The lowest BCUT2D eigenvalue weighted by Crippen LogP contribution is -2.13. The van der Waals surface area contributed by atoms with Crippen molar-refractivity contribution in [1.29, 1.82) is 0 Å². The van der Waals surface area contributed by atoms with Crippen molar-refractivity contribution in [2.75, 3.05) is 7.11 Å². The summed E-state index contributed by atoms with van der Waals surface area (Å²) in [5.74, 6) is 0.744. The molecule has 0 aromatic heterocycles. The molecule has 0 aliphatic carbocycles. The van der Waals surface area contributed by atoms with Crippen LogP contribution in [0.1, 0.15) is 5.56 Å². The number of hydrazone groups is 1. The maximum absolute atomic E-state index is 10.0. The van der Waals surface area contributed by atoms with Crippen LogP contribution in [-0.4, -0.2) is 24.5 Å². The van der Waals surface area contributed by atoms with E-state index in [1.807, 2.05) is 5.43 Å². The van der Waals surface area contributed by atoms with Gasteiger partial charge in [-0.3, -0.25) is 0 Å². The fraction of sp³-hybridized carbons (Fsp3) is 0.111. The lowest BCUT2D eigenvalue weighted by Gasteiger charge is -1.98. The molecule has 0 atom stereocenters. The van der Waals surface area contributed by atoms with Gasteiger partial charge in [0.15, 0.2) is 0 Å². The molecule has 0 spiro atoms. The van der Waals surface area contributed by atoms with Crippen LogP contribution in [0.2, 0.25) is 0 Å². The highest BCUT2D eigenvalue weighted by Gasteiger charge is 1.91. The Morgan fingerprint density at radius 3 is 2.64 bits per heavy atom. The normalized spacial score (nSPS) is 10.1. The molecule has 0 bridgehead atoms. The van der Waals surface area contributed by atoms with Crippen molar-refractivity contribution in [3.8, 4) is 5.75 Å². The van der Waals surface area contributed by atoms with E-state index in [0.717, 1.165) is 11.3 Å². The highest BCUT2D eigenvalue weighted by Crippen LogP contribution is 2.09. The number of hydrogen-bond acceptors (Lipinski definition) is 3. The number of carbonyl (C=O) groups is 1. The van der Waals surface area contributed by atoms with E-state index in [1.54, 1.807) is 31.4 Å². The smallest absolute Gasteiger partial charge is 0.425 e. The van der Waals surface area contributed by atoms with Crippen LogP contribution in [0.3, 0.4) is 0 Å².